The van der Waals surface area contributed by atoms with Gasteiger partial charge in [0.05, 0.1) is 25.0 Å². The summed E-state index contributed by atoms with van der Waals surface area (Å²) in [4.78, 5) is 47.1. The first-order valence-electron chi connectivity index (χ1n) is 10.9. The van der Waals surface area contributed by atoms with Crippen molar-refractivity contribution in [2.24, 2.45) is 0 Å². The second-order valence-electron chi connectivity index (χ2n) is 7.99. The van der Waals surface area contributed by atoms with Gasteiger partial charge in [-0.1, -0.05) is 17.4 Å². The Kier molecular flexibility index (Phi) is 7.02. The molecule has 0 unspecified atom stereocenters. The molecule has 4 rings (SSSR count). The molecule has 0 saturated carbocycles. The number of anilines is 1. The highest BCUT2D eigenvalue weighted by atomic mass is 32.1. The number of hydrogen-bond acceptors (Lipinski definition) is 8. The van der Waals surface area contributed by atoms with Crippen LogP contribution in [0.4, 0.5) is 5.13 Å². The number of hydrogen-bond donors (Lipinski definition) is 0. The molecule has 2 saturated heterocycles. The Morgan fingerprint density at radius 3 is 2.62 bits per heavy atom. The third-order valence-electron chi connectivity index (χ3n) is 5.85. The highest BCUT2D eigenvalue weighted by Crippen LogP contribution is 2.36. The van der Waals surface area contributed by atoms with Crippen LogP contribution >= 0.6 is 11.3 Å². The number of thiazole rings is 1. The van der Waals surface area contributed by atoms with E-state index in [2.05, 4.69) is 4.90 Å². The molecule has 2 aromatic rings. The SMILES string of the molecule is COc1ccc(C)c2sc(N(CCCN3CCOCC3)C(=O)CN3C(=O)CCC3=O)nc12. The van der Waals surface area contributed by atoms with E-state index in [1.165, 1.54) is 11.3 Å². The smallest absolute Gasteiger partial charge is 0.248 e. The molecule has 172 valence electrons. The maximum Gasteiger partial charge on any atom is 0.248 e. The lowest BCUT2D eigenvalue weighted by Gasteiger charge is -2.28. The van der Waals surface area contributed by atoms with Crippen LogP contribution < -0.4 is 9.64 Å². The second kappa shape index (κ2) is 9.93. The van der Waals surface area contributed by atoms with Crippen LogP contribution in [-0.4, -0.2) is 85.6 Å². The van der Waals surface area contributed by atoms with Gasteiger partial charge in [-0.15, -0.1) is 0 Å². The number of methoxy groups -OCH3 is 1. The second-order valence-corrected chi connectivity index (χ2v) is 8.96. The minimum absolute atomic E-state index is 0.167. The summed E-state index contributed by atoms with van der Waals surface area (Å²) in [5, 5.41) is 0.554. The fraction of sp³-hybridized carbons (Fsp3) is 0.545. The Hall–Kier alpha value is -2.56. The molecule has 0 N–H and O–H groups in total. The van der Waals surface area contributed by atoms with Crippen LogP contribution in [0.25, 0.3) is 10.2 Å². The Morgan fingerprint density at radius 2 is 1.94 bits per heavy atom. The zero-order valence-corrected chi connectivity index (χ0v) is 19.3. The van der Waals surface area contributed by atoms with Crippen LogP contribution in [0.15, 0.2) is 12.1 Å². The Morgan fingerprint density at radius 1 is 1.22 bits per heavy atom. The third kappa shape index (κ3) is 4.77. The summed E-state index contributed by atoms with van der Waals surface area (Å²) in [6.07, 6.45) is 1.08. The lowest BCUT2D eigenvalue weighted by atomic mass is 10.2. The van der Waals surface area contributed by atoms with Crippen molar-refractivity contribution in [2.75, 3.05) is 57.9 Å². The van der Waals surface area contributed by atoms with Crippen LogP contribution in [0.2, 0.25) is 0 Å². The predicted octanol–water partition coefficient (Wildman–Crippen LogP) is 1.82. The Labute approximate surface area is 190 Å². The van der Waals surface area contributed by atoms with Gasteiger partial charge in [0.15, 0.2) is 5.13 Å². The van der Waals surface area contributed by atoms with Crippen LogP contribution in [0.3, 0.4) is 0 Å². The molecular weight excluding hydrogens is 432 g/mol. The molecule has 0 atom stereocenters. The number of likely N-dealkylation sites (tertiary alicyclic amines) is 1. The van der Waals surface area contributed by atoms with Crippen LogP contribution in [-0.2, 0) is 19.1 Å². The van der Waals surface area contributed by atoms with Crippen molar-refractivity contribution in [1.29, 1.82) is 0 Å². The van der Waals surface area contributed by atoms with Crippen molar-refractivity contribution in [3.05, 3.63) is 17.7 Å². The normalized spacial score (nSPS) is 17.4. The summed E-state index contributed by atoms with van der Waals surface area (Å²) in [7, 11) is 1.60. The molecule has 0 radical (unpaired) electrons. The number of amides is 3. The summed E-state index contributed by atoms with van der Waals surface area (Å²) in [5.41, 5.74) is 1.77. The van der Waals surface area contributed by atoms with Gasteiger partial charge < -0.3 is 9.47 Å². The molecule has 3 heterocycles. The van der Waals surface area contributed by atoms with Crippen molar-refractivity contribution in [3.8, 4) is 5.75 Å². The van der Waals surface area contributed by atoms with E-state index in [1.54, 1.807) is 12.0 Å². The largest absolute Gasteiger partial charge is 0.494 e. The molecule has 0 spiro atoms. The van der Waals surface area contributed by atoms with Crippen molar-refractivity contribution >= 4 is 44.4 Å². The number of carbonyl (C=O) groups excluding carboxylic acids is 3. The minimum atomic E-state index is -0.300. The van der Waals surface area contributed by atoms with Gasteiger partial charge in [0, 0.05) is 39.0 Å². The molecule has 2 fully saturated rings. The molecule has 2 aliphatic heterocycles. The van der Waals surface area contributed by atoms with Crippen LogP contribution in [0, 0.1) is 6.92 Å². The number of rotatable bonds is 8. The third-order valence-corrected chi connectivity index (χ3v) is 7.07. The number of benzene rings is 1. The van der Waals surface area contributed by atoms with E-state index in [0.717, 1.165) is 54.4 Å². The van der Waals surface area contributed by atoms with Gasteiger partial charge in [-0.25, -0.2) is 4.98 Å². The van der Waals surface area contributed by atoms with E-state index in [1.807, 2.05) is 19.1 Å². The van der Waals surface area contributed by atoms with E-state index in [9.17, 15) is 14.4 Å². The van der Waals surface area contributed by atoms with Crippen molar-refractivity contribution in [3.63, 3.8) is 0 Å². The summed E-state index contributed by atoms with van der Waals surface area (Å²) >= 11 is 1.43. The number of morpholine rings is 1. The minimum Gasteiger partial charge on any atom is -0.494 e. The van der Waals surface area contributed by atoms with E-state index >= 15 is 0 Å². The fourth-order valence-electron chi connectivity index (χ4n) is 4.00. The van der Waals surface area contributed by atoms with Crippen molar-refractivity contribution < 1.29 is 23.9 Å². The summed E-state index contributed by atoms with van der Waals surface area (Å²) in [5.74, 6) is -0.234. The molecular formula is C22H28N4O5S. The first-order valence-corrected chi connectivity index (χ1v) is 11.7. The molecule has 9 nitrogen and oxygen atoms in total. The summed E-state index contributed by atoms with van der Waals surface area (Å²) < 4.78 is 11.8. The molecule has 1 aromatic carbocycles. The number of ether oxygens (including phenoxy) is 2. The Bertz CT molecular complexity index is 1000. The monoisotopic (exact) mass is 460 g/mol. The first-order chi connectivity index (χ1) is 15.5. The quantitative estimate of drug-likeness (QED) is 0.555. The first kappa shape index (κ1) is 22.6. The maximum absolute atomic E-state index is 13.3. The lowest BCUT2D eigenvalue weighted by Crippen LogP contribution is -2.44. The summed E-state index contributed by atoms with van der Waals surface area (Å²) in [6, 6.07) is 3.84. The van der Waals surface area contributed by atoms with Gasteiger partial charge in [-0.3, -0.25) is 29.1 Å². The maximum atomic E-state index is 13.3. The molecule has 1 aromatic heterocycles. The zero-order chi connectivity index (χ0) is 22.7. The van der Waals surface area contributed by atoms with E-state index in [0.29, 0.717) is 22.9 Å². The van der Waals surface area contributed by atoms with Gasteiger partial charge in [-0.05, 0) is 25.0 Å². The van der Waals surface area contributed by atoms with Gasteiger partial charge in [0.2, 0.25) is 17.7 Å². The molecule has 10 heteroatoms. The van der Waals surface area contributed by atoms with Crippen molar-refractivity contribution in [2.45, 2.75) is 26.2 Å². The molecule has 0 bridgehead atoms. The standard InChI is InChI=1S/C22H28N4O5S/c1-15-4-5-16(30-2)20-21(15)32-22(23-20)25(9-3-8-24-10-12-31-13-11-24)19(29)14-26-17(27)6-7-18(26)28/h4-5H,3,6-14H2,1-2H3. The van der Waals surface area contributed by atoms with Gasteiger partial charge >= 0.3 is 0 Å². The van der Waals surface area contributed by atoms with E-state index < -0.39 is 0 Å². The molecule has 2 aliphatic rings. The Balaban J connectivity index is 1.57. The number of aryl methyl sites for hydroxylation is 1. The average Bonchev–Trinajstić information content (AvgIpc) is 3.37. The van der Waals surface area contributed by atoms with Crippen LogP contribution in [0.1, 0.15) is 24.8 Å². The fourth-order valence-corrected chi connectivity index (χ4v) is 5.10. The summed E-state index contributed by atoms with van der Waals surface area (Å²) in [6.45, 7) is 6.23. The van der Waals surface area contributed by atoms with Crippen molar-refractivity contribution in [1.82, 2.24) is 14.8 Å². The lowest BCUT2D eigenvalue weighted by molar-refractivity contribution is -0.141. The number of imide groups is 1. The highest BCUT2D eigenvalue weighted by Gasteiger charge is 2.33. The molecule has 32 heavy (non-hydrogen) atoms. The molecule has 3 amide bonds. The van der Waals surface area contributed by atoms with Gasteiger partial charge in [0.25, 0.3) is 0 Å². The number of fused-ring (bicyclic) bond motifs is 1. The van der Waals surface area contributed by atoms with E-state index in [-0.39, 0.29) is 37.1 Å². The number of carbonyl (C=O) groups is 3. The number of aromatic nitrogens is 1. The van der Waals surface area contributed by atoms with Gasteiger partial charge in [-0.2, -0.15) is 0 Å². The predicted molar refractivity (Wildman–Crippen MR) is 121 cm³/mol. The average molecular weight is 461 g/mol. The zero-order valence-electron chi connectivity index (χ0n) is 18.5. The topological polar surface area (TPSA) is 92.3 Å². The molecule has 0 aliphatic carbocycles. The van der Waals surface area contributed by atoms with Crippen LogP contribution in [0.5, 0.6) is 5.75 Å². The highest BCUT2D eigenvalue weighted by molar-refractivity contribution is 7.22. The van der Waals surface area contributed by atoms with Gasteiger partial charge in [0.1, 0.15) is 17.8 Å². The number of nitrogens with zero attached hydrogens (tertiary/aromatic N) is 4. The van der Waals surface area contributed by atoms with E-state index in [4.69, 9.17) is 14.5 Å².